The Hall–Kier alpha value is -2.11. The van der Waals surface area contributed by atoms with Gasteiger partial charge in [-0.15, -0.1) is 0 Å². The summed E-state index contributed by atoms with van der Waals surface area (Å²) in [5.74, 6) is -52.3. The number of esters is 1. The molecule has 0 aromatic rings. The van der Waals surface area contributed by atoms with E-state index in [4.69, 9.17) is 10.3 Å². The van der Waals surface area contributed by atoms with Gasteiger partial charge in [0.25, 0.3) is 0 Å². The summed E-state index contributed by atoms with van der Waals surface area (Å²) in [4.78, 5) is 10.5. The molecule has 0 rings (SSSR count). The highest BCUT2D eigenvalue weighted by Crippen LogP contribution is 2.64. The van der Waals surface area contributed by atoms with E-state index in [1.807, 2.05) is 0 Å². The smallest absolute Gasteiger partial charge is 0.460 e. The summed E-state index contributed by atoms with van der Waals surface area (Å²) in [6.07, 6.45) is -7.88. The van der Waals surface area contributed by atoms with Crippen LogP contribution in [0, 0.1) is 0 Å². The fraction of sp³-hybridized carbons (Fsp3) is 0.786. The zero-order chi connectivity index (χ0) is 31.8. The van der Waals surface area contributed by atoms with Crippen molar-refractivity contribution < 1.29 is 97.1 Å². The van der Waals surface area contributed by atoms with Crippen LogP contribution in [-0.4, -0.2) is 79.1 Å². The van der Waals surface area contributed by atoms with Crippen LogP contribution >= 0.6 is 0 Å². The first-order chi connectivity index (χ1) is 16.2. The Morgan fingerprint density at radius 3 is 1.24 bits per heavy atom. The molecule has 24 heteroatoms. The van der Waals surface area contributed by atoms with Gasteiger partial charge in [-0.3, -0.25) is 4.55 Å². The van der Waals surface area contributed by atoms with Gasteiger partial charge in [0.15, 0.2) is 0 Å². The lowest BCUT2D eigenvalue weighted by Crippen LogP contribution is -2.74. The van der Waals surface area contributed by atoms with Crippen molar-refractivity contribution in [3.8, 4) is 0 Å². The van der Waals surface area contributed by atoms with Crippen molar-refractivity contribution in [3.05, 3.63) is 12.2 Å². The molecular weight excluding hydrogens is 617 g/mol. The quantitative estimate of drug-likeness (QED) is 0.154. The first-order valence-corrected chi connectivity index (χ1v) is 9.83. The third-order valence-corrected chi connectivity index (χ3v) is 4.62. The summed E-state index contributed by atoms with van der Waals surface area (Å²) in [5.41, 5.74) is 5.48. The molecule has 0 aromatic carbocycles. The van der Waals surface area contributed by atoms with Crippen molar-refractivity contribution in [1.29, 1.82) is 0 Å². The van der Waals surface area contributed by atoms with Gasteiger partial charge >= 0.3 is 63.1 Å². The third kappa shape index (κ3) is 6.04. The summed E-state index contributed by atoms with van der Waals surface area (Å²) >= 11 is 0. The Bertz CT molecular complexity index is 974. The molecule has 6 nitrogen and oxygen atoms in total. The van der Waals surface area contributed by atoms with E-state index >= 15 is 0 Å². The number of rotatable bonds is 10. The highest BCUT2D eigenvalue weighted by atomic mass is 32.2. The molecule has 0 aliphatic heterocycles. The molecule has 0 unspecified atom stereocenters. The minimum atomic E-state index is -8.89. The SMILES string of the molecule is C=C(C)C(=O)OCCN.O=S(=O)(O)C(F)(F)C(F)(F)C(F)(F)C(F)(F)C(F)(F)C(F)(F)C(F)(F)C(F)(F)F. The molecule has 0 aliphatic rings. The molecule has 38 heavy (non-hydrogen) atoms. The minimum absolute atomic E-state index is 0.270. The predicted molar refractivity (Wildman–Crippen MR) is 87.1 cm³/mol. The van der Waals surface area contributed by atoms with Crippen molar-refractivity contribution in [2.45, 2.75) is 53.9 Å². The number of carbonyl (C=O) groups is 1. The average Bonchev–Trinajstić information content (AvgIpc) is 2.69. The van der Waals surface area contributed by atoms with E-state index in [9.17, 15) is 87.8 Å². The van der Waals surface area contributed by atoms with E-state index in [2.05, 4.69) is 11.3 Å². The van der Waals surface area contributed by atoms with Crippen LogP contribution in [0.2, 0.25) is 0 Å². The standard InChI is InChI=1S/C8HF17O3S.C6H11NO2/c9-1(10,3(13,14)5(17,18)7(21,22)23)2(11,12)4(15,16)6(19,20)8(24,25)29(26,27)28;1-5(2)6(8)9-4-3-7/h(H,26,27,28);1,3-4,7H2,2H3. The lowest BCUT2D eigenvalue weighted by Gasteiger charge is -2.42. The summed E-state index contributed by atoms with van der Waals surface area (Å²) in [7, 11) is -7.89. The Labute approximate surface area is 199 Å². The number of hydrogen-bond donors (Lipinski definition) is 2. The van der Waals surface area contributed by atoms with Gasteiger partial charge in [-0.05, 0) is 6.92 Å². The Balaban J connectivity index is 0. The summed E-state index contributed by atoms with van der Waals surface area (Å²) in [6.45, 7) is 5.62. The van der Waals surface area contributed by atoms with Crippen molar-refractivity contribution >= 4 is 16.1 Å². The minimum Gasteiger partial charge on any atom is -0.461 e. The number of ether oxygens (including phenoxy) is 1. The summed E-state index contributed by atoms with van der Waals surface area (Å²) < 4.78 is 247. The van der Waals surface area contributed by atoms with E-state index in [-0.39, 0.29) is 12.6 Å². The molecule has 0 atom stereocenters. The molecule has 0 heterocycles. The predicted octanol–water partition coefficient (Wildman–Crippen LogP) is 4.91. The highest BCUT2D eigenvalue weighted by Gasteiger charge is 2.96. The number of nitrogens with two attached hydrogens (primary N) is 1. The van der Waals surface area contributed by atoms with Crippen LogP contribution in [-0.2, 0) is 19.6 Å². The number of carbonyl (C=O) groups excluding carboxylic acids is 1. The molecule has 0 saturated heterocycles. The zero-order valence-corrected chi connectivity index (χ0v) is 18.4. The Morgan fingerprint density at radius 1 is 0.711 bits per heavy atom. The van der Waals surface area contributed by atoms with Gasteiger partial charge in [0, 0.05) is 12.1 Å². The first-order valence-electron chi connectivity index (χ1n) is 8.39. The van der Waals surface area contributed by atoms with Gasteiger partial charge in [-0.1, -0.05) is 6.58 Å². The van der Waals surface area contributed by atoms with Gasteiger partial charge in [0.1, 0.15) is 6.61 Å². The van der Waals surface area contributed by atoms with Crippen LogP contribution in [0.5, 0.6) is 0 Å². The van der Waals surface area contributed by atoms with Crippen LogP contribution in [0.15, 0.2) is 12.2 Å². The largest absolute Gasteiger partial charge is 0.461 e. The number of halogens is 17. The molecule has 0 radical (unpaired) electrons. The Kier molecular flexibility index (Phi) is 10.8. The second-order valence-corrected chi connectivity index (χ2v) is 8.10. The average molecular weight is 629 g/mol. The molecule has 0 saturated carbocycles. The van der Waals surface area contributed by atoms with E-state index in [1.165, 1.54) is 0 Å². The van der Waals surface area contributed by atoms with Gasteiger partial charge in [0.2, 0.25) is 0 Å². The lowest BCUT2D eigenvalue weighted by atomic mass is 9.91. The lowest BCUT2D eigenvalue weighted by molar-refractivity contribution is -0.458. The number of alkyl halides is 17. The summed E-state index contributed by atoms with van der Waals surface area (Å²) in [6, 6.07) is 0. The molecule has 0 amide bonds. The fourth-order valence-corrected chi connectivity index (χ4v) is 2.04. The maximum absolute atomic E-state index is 13.0. The van der Waals surface area contributed by atoms with Crippen LogP contribution in [0.4, 0.5) is 74.6 Å². The van der Waals surface area contributed by atoms with Crippen molar-refractivity contribution in [1.82, 2.24) is 0 Å². The van der Waals surface area contributed by atoms with E-state index in [0.717, 1.165) is 0 Å². The summed E-state index contributed by atoms with van der Waals surface area (Å²) in [5, 5.41) is -7.84. The van der Waals surface area contributed by atoms with Crippen molar-refractivity contribution in [2.75, 3.05) is 13.2 Å². The monoisotopic (exact) mass is 629 g/mol. The van der Waals surface area contributed by atoms with E-state index < -0.39 is 57.1 Å². The highest BCUT2D eigenvalue weighted by molar-refractivity contribution is 7.87. The van der Waals surface area contributed by atoms with Gasteiger partial charge in [-0.2, -0.15) is 83.1 Å². The molecule has 0 aliphatic carbocycles. The number of hydrogen-bond acceptors (Lipinski definition) is 5. The van der Waals surface area contributed by atoms with Gasteiger partial charge < -0.3 is 10.5 Å². The van der Waals surface area contributed by atoms with E-state index in [0.29, 0.717) is 12.1 Å². The zero-order valence-electron chi connectivity index (χ0n) is 17.6. The maximum atomic E-state index is 13.0. The molecule has 3 N–H and O–H groups in total. The molecule has 0 bridgehead atoms. The maximum Gasteiger partial charge on any atom is 0.460 e. The third-order valence-electron chi connectivity index (χ3n) is 3.72. The molecule has 228 valence electrons. The second-order valence-electron chi connectivity index (χ2n) is 6.64. The Morgan fingerprint density at radius 2 is 1.00 bits per heavy atom. The first kappa shape index (κ1) is 38.0. The van der Waals surface area contributed by atoms with Gasteiger partial charge in [0.05, 0.1) is 0 Å². The van der Waals surface area contributed by atoms with Crippen LogP contribution < -0.4 is 5.73 Å². The second kappa shape index (κ2) is 10.8. The molecule has 0 aromatic heterocycles. The van der Waals surface area contributed by atoms with Crippen LogP contribution in [0.25, 0.3) is 0 Å². The van der Waals surface area contributed by atoms with Crippen LogP contribution in [0.3, 0.4) is 0 Å². The van der Waals surface area contributed by atoms with E-state index in [1.54, 1.807) is 6.92 Å². The molecular formula is C14H12F17NO5S. The van der Waals surface area contributed by atoms with Crippen molar-refractivity contribution in [3.63, 3.8) is 0 Å². The fourth-order valence-electron chi connectivity index (χ4n) is 1.59. The van der Waals surface area contributed by atoms with Crippen molar-refractivity contribution in [2.24, 2.45) is 5.73 Å². The molecule has 0 spiro atoms. The molecule has 0 fully saturated rings. The van der Waals surface area contributed by atoms with Gasteiger partial charge in [-0.25, -0.2) is 4.79 Å². The van der Waals surface area contributed by atoms with Crippen LogP contribution in [0.1, 0.15) is 6.92 Å². The normalized spacial score (nSPS) is 14.9. The topological polar surface area (TPSA) is 107 Å².